The van der Waals surface area contributed by atoms with Gasteiger partial charge in [0.05, 0.1) is 23.2 Å². The number of nitrogens with zero attached hydrogens (tertiary/aromatic N) is 2. The predicted molar refractivity (Wildman–Crippen MR) is 80.6 cm³/mol. The summed E-state index contributed by atoms with van der Waals surface area (Å²) in [6, 6.07) is 8.14. The molecule has 1 aliphatic heterocycles. The Labute approximate surface area is 128 Å². The van der Waals surface area contributed by atoms with Gasteiger partial charge in [0, 0.05) is 18.7 Å². The van der Waals surface area contributed by atoms with Crippen LogP contribution in [0.25, 0.3) is 0 Å². The van der Waals surface area contributed by atoms with E-state index in [9.17, 15) is 0 Å². The van der Waals surface area contributed by atoms with Gasteiger partial charge in [-0.25, -0.2) is 0 Å². The van der Waals surface area contributed by atoms with Gasteiger partial charge in [0.15, 0.2) is 0 Å². The van der Waals surface area contributed by atoms with Crippen molar-refractivity contribution in [3.8, 4) is 11.8 Å². The van der Waals surface area contributed by atoms with Crippen LogP contribution in [0.2, 0.25) is 0 Å². The Kier molecular flexibility index (Phi) is 5.84. The van der Waals surface area contributed by atoms with E-state index < -0.39 is 0 Å². The molecule has 0 aliphatic carbocycles. The molecule has 1 aromatic carbocycles. The molecule has 0 bridgehead atoms. The SMILES string of the molecule is CN(CC#N)Cc1cccc(Br)c1OC[C@@H]1CCCO1. The molecule has 2 rings (SSSR count). The lowest BCUT2D eigenvalue weighted by Crippen LogP contribution is -2.20. The molecule has 1 fully saturated rings. The van der Waals surface area contributed by atoms with E-state index in [1.807, 2.05) is 30.1 Å². The zero-order chi connectivity index (χ0) is 14.4. The first-order valence-corrected chi connectivity index (χ1v) is 7.57. The van der Waals surface area contributed by atoms with Gasteiger partial charge in [0.1, 0.15) is 12.4 Å². The number of halogens is 1. The third-order valence-corrected chi connectivity index (χ3v) is 3.89. The van der Waals surface area contributed by atoms with Crippen LogP contribution in [-0.4, -0.2) is 37.8 Å². The first-order chi connectivity index (χ1) is 9.70. The van der Waals surface area contributed by atoms with Gasteiger partial charge in [-0.1, -0.05) is 12.1 Å². The van der Waals surface area contributed by atoms with E-state index >= 15 is 0 Å². The molecule has 1 heterocycles. The zero-order valence-electron chi connectivity index (χ0n) is 11.6. The molecule has 4 nitrogen and oxygen atoms in total. The van der Waals surface area contributed by atoms with Gasteiger partial charge in [-0.3, -0.25) is 4.90 Å². The van der Waals surface area contributed by atoms with E-state index in [1.54, 1.807) is 0 Å². The molecule has 0 spiro atoms. The summed E-state index contributed by atoms with van der Waals surface area (Å²) >= 11 is 3.54. The van der Waals surface area contributed by atoms with Crippen molar-refractivity contribution >= 4 is 15.9 Å². The smallest absolute Gasteiger partial charge is 0.138 e. The molecule has 5 heteroatoms. The van der Waals surface area contributed by atoms with E-state index in [0.29, 0.717) is 19.7 Å². The summed E-state index contributed by atoms with van der Waals surface area (Å²) in [6.07, 6.45) is 2.38. The lowest BCUT2D eigenvalue weighted by molar-refractivity contribution is 0.0671. The number of rotatable bonds is 6. The van der Waals surface area contributed by atoms with Crippen LogP contribution in [0.3, 0.4) is 0 Å². The summed E-state index contributed by atoms with van der Waals surface area (Å²) < 4.78 is 12.5. The predicted octanol–water partition coefficient (Wildman–Crippen LogP) is 2.96. The molecule has 20 heavy (non-hydrogen) atoms. The van der Waals surface area contributed by atoms with Crippen molar-refractivity contribution in [1.29, 1.82) is 5.26 Å². The van der Waals surface area contributed by atoms with Gasteiger partial charge >= 0.3 is 0 Å². The van der Waals surface area contributed by atoms with Crippen molar-refractivity contribution in [2.24, 2.45) is 0 Å². The molecule has 1 aromatic rings. The maximum Gasteiger partial charge on any atom is 0.138 e. The monoisotopic (exact) mass is 338 g/mol. The molecule has 1 saturated heterocycles. The van der Waals surface area contributed by atoms with Crippen LogP contribution >= 0.6 is 15.9 Å². The van der Waals surface area contributed by atoms with Gasteiger partial charge in [0.25, 0.3) is 0 Å². The average Bonchev–Trinajstić information content (AvgIpc) is 2.91. The number of nitriles is 1. The quantitative estimate of drug-likeness (QED) is 0.748. The Morgan fingerprint density at radius 3 is 3.10 bits per heavy atom. The van der Waals surface area contributed by atoms with Crippen LogP contribution < -0.4 is 4.74 Å². The highest BCUT2D eigenvalue weighted by Crippen LogP contribution is 2.30. The summed E-state index contributed by atoms with van der Waals surface area (Å²) in [6.45, 7) is 2.50. The van der Waals surface area contributed by atoms with Crippen molar-refractivity contribution in [3.63, 3.8) is 0 Å². The number of hydrogen-bond donors (Lipinski definition) is 0. The standard InChI is InChI=1S/C15H19BrN2O2/c1-18(8-7-17)10-12-4-2-6-14(16)15(12)20-11-13-5-3-9-19-13/h2,4,6,13H,3,5,8-11H2,1H3/t13-/m0/s1. The maximum atomic E-state index is 8.74. The number of para-hydroxylation sites is 1. The maximum absolute atomic E-state index is 8.74. The molecular formula is C15H19BrN2O2. The molecular weight excluding hydrogens is 320 g/mol. The minimum atomic E-state index is 0.201. The van der Waals surface area contributed by atoms with Crippen molar-refractivity contribution in [3.05, 3.63) is 28.2 Å². The highest BCUT2D eigenvalue weighted by molar-refractivity contribution is 9.10. The zero-order valence-corrected chi connectivity index (χ0v) is 13.2. The third-order valence-electron chi connectivity index (χ3n) is 3.27. The van der Waals surface area contributed by atoms with Gasteiger partial charge in [0.2, 0.25) is 0 Å². The van der Waals surface area contributed by atoms with E-state index in [0.717, 1.165) is 35.2 Å². The van der Waals surface area contributed by atoms with Crippen LogP contribution in [0.1, 0.15) is 18.4 Å². The van der Waals surface area contributed by atoms with Crippen LogP contribution in [0, 0.1) is 11.3 Å². The average molecular weight is 339 g/mol. The molecule has 1 atom stereocenters. The van der Waals surface area contributed by atoms with E-state index in [2.05, 4.69) is 22.0 Å². The first-order valence-electron chi connectivity index (χ1n) is 6.78. The third kappa shape index (κ3) is 4.20. The second kappa shape index (κ2) is 7.63. The second-order valence-electron chi connectivity index (χ2n) is 5.00. The van der Waals surface area contributed by atoms with E-state index in [4.69, 9.17) is 14.7 Å². The summed E-state index contributed by atoms with van der Waals surface area (Å²) in [4.78, 5) is 1.96. The summed E-state index contributed by atoms with van der Waals surface area (Å²) in [5, 5.41) is 8.74. The van der Waals surface area contributed by atoms with Crippen LogP contribution in [-0.2, 0) is 11.3 Å². The molecule has 0 aromatic heterocycles. The molecule has 1 aliphatic rings. The largest absolute Gasteiger partial charge is 0.489 e. The fourth-order valence-electron chi connectivity index (χ4n) is 2.26. The lowest BCUT2D eigenvalue weighted by atomic mass is 10.2. The molecule has 0 amide bonds. The molecule has 0 saturated carbocycles. The van der Waals surface area contributed by atoms with Crippen LogP contribution in [0.15, 0.2) is 22.7 Å². The Bertz CT molecular complexity index is 481. The van der Waals surface area contributed by atoms with Gasteiger partial charge in [-0.05, 0) is 41.9 Å². The van der Waals surface area contributed by atoms with Crippen molar-refractivity contribution < 1.29 is 9.47 Å². The summed E-state index contributed by atoms with van der Waals surface area (Å²) in [5.41, 5.74) is 1.08. The number of ether oxygens (including phenoxy) is 2. The van der Waals surface area contributed by atoms with Crippen molar-refractivity contribution in [1.82, 2.24) is 4.90 Å². The van der Waals surface area contributed by atoms with E-state index in [-0.39, 0.29) is 6.10 Å². The van der Waals surface area contributed by atoms with Crippen molar-refractivity contribution in [2.75, 3.05) is 26.8 Å². The topological polar surface area (TPSA) is 45.5 Å². The van der Waals surface area contributed by atoms with Crippen LogP contribution in [0.5, 0.6) is 5.75 Å². The normalized spacial score (nSPS) is 18.2. The summed E-state index contributed by atoms with van der Waals surface area (Å²) in [5.74, 6) is 0.854. The Morgan fingerprint density at radius 2 is 2.40 bits per heavy atom. The Morgan fingerprint density at radius 1 is 1.55 bits per heavy atom. The van der Waals surface area contributed by atoms with Crippen LogP contribution in [0.4, 0.5) is 0 Å². The minimum Gasteiger partial charge on any atom is -0.489 e. The Hall–Kier alpha value is -1.09. The number of benzene rings is 1. The molecule has 108 valence electrons. The first kappa shape index (κ1) is 15.3. The van der Waals surface area contributed by atoms with Gasteiger partial charge < -0.3 is 9.47 Å². The Balaban J connectivity index is 2.03. The van der Waals surface area contributed by atoms with Gasteiger partial charge in [-0.2, -0.15) is 5.26 Å². The highest BCUT2D eigenvalue weighted by atomic mass is 79.9. The number of hydrogen-bond acceptors (Lipinski definition) is 4. The molecule has 0 radical (unpaired) electrons. The molecule has 0 unspecified atom stereocenters. The molecule has 0 N–H and O–H groups in total. The van der Waals surface area contributed by atoms with Gasteiger partial charge in [-0.15, -0.1) is 0 Å². The fraction of sp³-hybridized carbons (Fsp3) is 0.533. The summed E-state index contributed by atoms with van der Waals surface area (Å²) in [7, 11) is 1.92. The lowest BCUT2D eigenvalue weighted by Gasteiger charge is -2.19. The second-order valence-corrected chi connectivity index (χ2v) is 5.86. The highest BCUT2D eigenvalue weighted by Gasteiger charge is 2.18. The van der Waals surface area contributed by atoms with E-state index in [1.165, 1.54) is 0 Å². The fourth-order valence-corrected chi connectivity index (χ4v) is 2.78. The minimum absolute atomic E-state index is 0.201. The van der Waals surface area contributed by atoms with Crippen molar-refractivity contribution in [2.45, 2.75) is 25.5 Å².